The first-order valence-corrected chi connectivity index (χ1v) is 13.0. The van der Waals surface area contributed by atoms with Crippen LogP contribution in [0.5, 0.6) is 0 Å². The van der Waals surface area contributed by atoms with E-state index in [1.165, 1.54) is 18.4 Å². The van der Waals surface area contributed by atoms with E-state index in [9.17, 15) is 9.59 Å². The number of Topliss-reactive ketones (excluding diaryl/α,β-unsaturated/α-hetero) is 1. The molecule has 0 radical (unpaired) electrons. The Morgan fingerprint density at radius 2 is 1.74 bits per heavy atom. The van der Waals surface area contributed by atoms with Crippen molar-refractivity contribution >= 4 is 11.7 Å². The SMILES string of the molecule is CC(C)(C)CCNC(=O)c1cccc2c1CCC(CCN1CCC(c3ccccc3)CC1)C2=O. The van der Waals surface area contributed by atoms with Crippen LogP contribution in [-0.2, 0) is 6.42 Å². The molecule has 1 aliphatic carbocycles. The van der Waals surface area contributed by atoms with Crippen molar-refractivity contribution in [3.8, 4) is 0 Å². The van der Waals surface area contributed by atoms with Crippen LogP contribution in [0.1, 0.15) is 90.6 Å². The predicted octanol–water partition coefficient (Wildman–Crippen LogP) is 5.87. The molecule has 1 amide bonds. The van der Waals surface area contributed by atoms with Crippen LogP contribution in [0, 0.1) is 11.3 Å². The molecule has 0 saturated carbocycles. The summed E-state index contributed by atoms with van der Waals surface area (Å²) < 4.78 is 0. The van der Waals surface area contributed by atoms with E-state index >= 15 is 0 Å². The molecular formula is C30H40N2O2. The number of nitrogens with zero attached hydrogens (tertiary/aromatic N) is 1. The number of hydrogen-bond acceptors (Lipinski definition) is 3. The van der Waals surface area contributed by atoms with E-state index < -0.39 is 0 Å². The van der Waals surface area contributed by atoms with E-state index in [0.29, 0.717) is 18.0 Å². The highest BCUT2D eigenvalue weighted by Crippen LogP contribution is 2.32. The summed E-state index contributed by atoms with van der Waals surface area (Å²) >= 11 is 0. The molecule has 1 fully saturated rings. The first kappa shape index (κ1) is 24.7. The fourth-order valence-electron chi connectivity index (χ4n) is 5.44. The number of likely N-dealkylation sites (tertiary alicyclic amines) is 1. The van der Waals surface area contributed by atoms with Crippen LogP contribution < -0.4 is 5.32 Å². The quantitative estimate of drug-likeness (QED) is 0.562. The Morgan fingerprint density at radius 1 is 1.00 bits per heavy atom. The van der Waals surface area contributed by atoms with Gasteiger partial charge >= 0.3 is 0 Å². The Morgan fingerprint density at radius 3 is 2.44 bits per heavy atom. The second kappa shape index (κ2) is 10.9. The first-order chi connectivity index (χ1) is 16.3. The summed E-state index contributed by atoms with van der Waals surface area (Å²) in [4.78, 5) is 28.6. The zero-order chi connectivity index (χ0) is 24.1. The molecule has 1 N–H and O–H groups in total. The van der Waals surface area contributed by atoms with Gasteiger partial charge in [0.2, 0.25) is 0 Å². The lowest BCUT2D eigenvalue weighted by atomic mass is 9.79. The van der Waals surface area contributed by atoms with Crippen molar-refractivity contribution in [3.05, 3.63) is 70.8 Å². The minimum atomic E-state index is -0.0476. The normalized spacial score (nSPS) is 19.6. The number of hydrogen-bond donors (Lipinski definition) is 1. The van der Waals surface area contributed by atoms with E-state index in [4.69, 9.17) is 0 Å². The standard InChI is InChI=1S/C30H40N2O2/c1-30(2,3)17-18-31-29(34)27-11-7-10-26-25(27)13-12-24(28(26)33)16-21-32-19-14-23(15-20-32)22-8-5-4-6-9-22/h4-11,23-24H,12-21H2,1-3H3,(H,31,34). The van der Waals surface area contributed by atoms with E-state index in [0.717, 1.165) is 56.4 Å². The highest BCUT2D eigenvalue weighted by molar-refractivity contribution is 6.04. The van der Waals surface area contributed by atoms with Crippen molar-refractivity contribution in [2.45, 2.75) is 65.2 Å². The molecule has 4 heteroatoms. The van der Waals surface area contributed by atoms with Crippen LogP contribution in [0.4, 0.5) is 0 Å². The summed E-state index contributed by atoms with van der Waals surface area (Å²) in [5, 5.41) is 3.06. The summed E-state index contributed by atoms with van der Waals surface area (Å²) in [7, 11) is 0. The van der Waals surface area contributed by atoms with Crippen molar-refractivity contribution in [3.63, 3.8) is 0 Å². The van der Waals surface area contributed by atoms with Gasteiger partial charge in [-0.1, -0.05) is 63.2 Å². The molecule has 2 aromatic rings. The summed E-state index contributed by atoms with van der Waals surface area (Å²) in [6.45, 7) is 10.4. The Labute approximate surface area is 205 Å². The summed E-state index contributed by atoms with van der Waals surface area (Å²) in [5.41, 5.74) is 4.03. The van der Waals surface area contributed by atoms with Gasteiger partial charge in [-0.3, -0.25) is 9.59 Å². The van der Waals surface area contributed by atoms with Crippen LogP contribution in [-0.4, -0.2) is 42.8 Å². The van der Waals surface area contributed by atoms with Crippen LogP contribution >= 0.6 is 0 Å². The van der Waals surface area contributed by atoms with E-state index in [-0.39, 0.29) is 23.0 Å². The lowest BCUT2D eigenvalue weighted by molar-refractivity contribution is 0.0877. The maximum Gasteiger partial charge on any atom is 0.251 e. The molecule has 1 saturated heterocycles. The Bertz CT molecular complexity index is 985. The topological polar surface area (TPSA) is 49.4 Å². The number of amides is 1. The van der Waals surface area contributed by atoms with Crippen LogP contribution in [0.15, 0.2) is 48.5 Å². The minimum absolute atomic E-state index is 0.0476. The number of ketones is 1. The predicted molar refractivity (Wildman–Crippen MR) is 138 cm³/mol. The van der Waals surface area contributed by atoms with E-state index in [1.807, 2.05) is 18.2 Å². The van der Waals surface area contributed by atoms with Crippen molar-refractivity contribution < 1.29 is 9.59 Å². The molecule has 4 nitrogen and oxygen atoms in total. The third-order valence-electron chi connectivity index (χ3n) is 7.61. The second-order valence-electron chi connectivity index (χ2n) is 11.3. The molecule has 0 spiro atoms. The molecule has 1 aliphatic heterocycles. The molecule has 2 aromatic carbocycles. The Balaban J connectivity index is 1.30. The third kappa shape index (κ3) is 6.15. The van der Waals surface area contributed by atoms with Gasteiger partial charge in [-0.2, -0.15) is 0 Å². The van der Waals surface area contributed by atoms with Gasteiger partial charge in [-0.15, -0.1) is 0 Å². The number of fused-ring (bicyclic) bond motifs is 1. The number of rotatable bonds is 7. The third-order valence-corrected chi connectivity index (χ3v) is 7.61. The number of carbonyl (C=O) groups is 2. The van der Waals surface area contributed by atoms with Gasteiger partial charge in [0.15, 0.2) is 5.78 Å². The molecular weight excluding hydrogens is 420 g/mol. The van der Waals surface area contributed by atoms with Gasteiger partial charge in [0.25, 0.3) is 5.91 Å². The van der Waals surface area contributed by atoms with Gasteiger partial charge in [-0.25, -0.2) is 0 Å². The average molecular weight is 461 g/mol. The van der Waals surface area contributed by atoms with Crippen LogP contribution in [0.25, 0.3) is 0 Å². The molecule has 4 rings (SSSR count). The maximum absolute atomic E-state index is 13.3. The van der Waals surface area contributed by atoms with Crippen LogP contribution in [0.3, 0.4) is 0 Å². The van der Waals surface area contributed by atoms with Gasteiger partial charge < -0.3 is 10.2 Å². The maximum atomic E-state index is 13.3. The summed E-state index contributed by atoms with van der Waals surface area (Å²) in [6.07, 6.45) is 5.88. The molecule has 1 heterocycles. The molecule has 1 atom stereocenters. The van der Waals surface area contributed by atoms with E-state index in [2.05, 4.69) is 61.3 Å². The number of carbonyl (C=O) groups excluding carboxylic acids is 2. The summed E-state index contributed by atoms with van der Waals surface area (Å²) in [5.74, 6) is 0.908. The lowest BCUT2D eigenvalue weighted by Crippen LogP contribution is -2.36. The average Bonchev–Trinajstić information content (AvgIpc) is 2.83. The fraction of sp³-hybridized carbons (Fsp3) is 0.533. The zero-order valence-electron chi connectivity index (χ0n) is 21.1. The smallest absolute Gasteiger partial charge is 0.251 e. The summed E-state index contributed by atoms with van der Waals surface area (Å²) in [6, 6.07) is 16.5. The Hall–Kier alpha value is -2.46. The van der Waals surface area contributed by atoms with Crippen molar-refractivity contribution in [2.75, 3.05) is 26.2 Å². The molecule has 0 aromatic heterocycles. The highest BCUT2D eigenvalue weighted by Gasteiger charge is 2.31. The van der Waals surface area contributed by atoms with Gasteiger partial charge in [0.1, 0.15) is 0 Å². The van der Waals surface area contributed by atoms with Crippen molar-refractivity contribution in [1.82, 2.24) is 10.2 Å². The van der Waals surface area contributed by atoms with Crippen LogP contribution in [0.2, 0.25) is 0 Å². The highest BCUT2D eigenvalue weighted by atomic mass is 16.1. The van der Waals surface area contributed by atoms with Crippen molar-refractivity contribution in [2.24, 2.45) is 11.3 Å². The first-order valence-electron chi connectivity index (χ1n) is 13.0. The molecule has 2 aliphatic rings. The van der Waals surface area contributed by atoms with E-state index in [1.54, 1.807) is 0 Å². The fourth-order valence-corrected chi connectivity index (χ4v) is 5.44. The monoisotopic (exact) mass is 460 g/mol. The van der Waals surface area contributed by atoms with Crippen molar-refractivity contribution in [1.29, 1.82) is 0 Å². The van der Waals surface area contributed by atoms with Gasteiger partial charge in [-0.05, 0) is 86.7 Å². The molecule has 34 heavy (non-hydrogen) atoms. The van der Waals surface area contributed by atoms with Gasteiger partial charge in [0.05, 0.1) is 0 Å². The minimum Gasteiger partial charge on any atom is -0.352 e. The lowest BCUT2D eigenvalue weighted by Gasteiger charge is -2.33. The largest absolute Gasteiger partial charge is 0.352 e. The van der Waals surface area contributed by atoms with Gasteiger partial charge in [0, 0.05) is 23.6 Å². The number of benzene rings is 2. The zero-order valence-corrected chi connectivity index (χ0v) is 21.1. The number of piperidine rings is 1. The molecule has 182 valence electrons. The second-order valence-corrected chi connectivity index (χ2v) is 11.3. The Kier molecular flexibility index (Phi) is 7.88. The molecule has 0 bridgehead atoms. The number of nitrogens with one attached hydrogen (secondary N) is 1. The molecule has 1 unspecified atom stereocenters.